The van der Waals surface area contributed by atoms with Gasteiger partial charge in [-0.1, -0.05) is 13.3 Å². The maximum atomic E-state index is 12.3. The topological polar surface area (TPSA) is 89.4 Å². The van der Waals surface area contributed by atoms with Crippen molar-refractivity contribution in [3.05, 3.63) is 10.4 Å². The van der Waals surface area contributed by atoms with Crippen molar-refractivity contribution in [3.8, 4) is 0 Å². The first-order chi connectivity index (χ1) is 10.0. The van der Waals surface area contributed by atoms with Crippen molar-refractivity contribution in [2.75, 3.05) is 23.7 Å². The Kier molecular flexibility index (Phi) is 3.65. The van der Waals surface area contributed by atoms with Gasteiger partial charge < -0.3 is 16.4 Å². The summed E-state index contributed by atoms with van der Waals surface area (Å²) >= 11 is 1.35. The molecule has 2 heterocycles. The average Bonchev–Trinajstić information content (AvgIpc) is 3.08. The van der Waals surface area contributed by atoms with E-state index in [4.69, 9.17) is 11.5 Å². The predicted octanol–water partition coefficient (Wildman–Crippen LogP) is 2.26. The van der Waals surface area contributed by atoms with E-state index in [0.29, 0.717) is 22.0 Å². The van der Waals surface area contributed by atoms with Crippen LogP contribution in [0.4, 0.5) is 10.7 Å². The zero-order valence-electron chi connectivity index (χ0n) is 12.2. The molecule has 1 aromatic heterocycles. The monoisotopic (exact) mass is 307 g/mol. The molecule has 1 amide bonds. The second kappa shape index (κ2) is 5.33. The molecule has 0 spiro atoms. The number of rotatable bonds is 5. The lowest BCUT2D eigenvalue weighted by Gasteiger charge is -2.17. The summed E-state index contributed by atoms with van der Waals surface area (Å²) in [7, 11) is 0. The number of thiophene rings is 1. The molecule has 0 radical (unpaired) electrons. The lowest BCUT2D eigenvalue weighted by atomic mass is 10.1. The van der Waals surface area contributed by atoms with E-state index in [1.165, 1.54) is 11.3 Å². The molecule has 1 saturated carbocycles. The van der Waals surface area contributed by atoms with Gasteiger partial charge in [-0.15, -0.1) is 11.3 Å². The number of nitrogens with two attached hydrogens (primary N) is 2. The Morgan fingerprint density at radius 1 is 1.33 bits per heavy atom. The Bertz CT molecular complexity index is 592. The second-order valence-electron chi connectivity index (χ2n) is 6.04. The molecule has 114 valence electrons. The molecule has 3 rings (SSSR count). The molecule has 1 unspecified atom stereocenters. The van der Waals surface area contributed by atoms with Crippen LogP contribution < -0.4 is 16.4 Å². The van der Waals surface area contributed by atoms with E-state index in [9.17, 15) is 9.59 Å². The molecule has 6 heteroatoms. The van der Waals surface area contributed by atoms with Crippen molar-refractivity contribution in [2.24, 2.45) is 17.6 Å². The molecule has 1 atom stereocenters. The summed E-state index contributed by atoms with van der Waals surface area (Å²) in [5, 5.41) is 0.792. The fourth-order valence-corrected chi connectivity index (χ4v) is 4.24. The fraction of sp³-hybridized carbons (Fsp3) is 0.600. The molecule has 0 aromatic carbocycles. The number of Topliss-reactive ketones (excluding diaryl/α,β-unsaturated/α-hetero) is 1. The Morgan fingerprint density at radius 2 is 2.05 bits per heavy atom. The summed E-state index contributed by atoms with van der Waals surface area (Å²) in [6.07, 6.45) is 4.09. The number of nitrogen functional groups attached to an aromatic ring is 1. The molecule has 1 saturated heterocycles. The van der Waals surface area contributed by atoms with Crippen LogP contribution in [0.15, 0.2) is 0 Å². The first-order valence-corrected chi connectivity index (χ1v) is 8.35. The minimum Gasteiger partial charge on any atom is -0.397 e. The van der Waals surface area contributed by atoms with Gasteiger partial charge in [-0.25, -0.2) is 0 Å². The average molecular weight is 307 g/mol. The molecular weight excluding hydrogens is 286 g/mol. The highest BCUT2D eigenvalue weighted by Crippen LogP contribution is 2.44. The lowest BCUT2D eigenvalue weighted by molar-refractivity contribution is 0.0972. The molecule has 2 fully saturated rings. The van der Waals surface area contributed by atoms with Crippen molar-refractivity contribution in [1.82, 2.24) is 0 Å². The second-order valence-corrected chi connectivity index (χ2v) is 7.04. The van der Waals surface area contributed by atoms with Crippen molar-refractivity contribution < 1.29 is 9.59 Å². The number of carbonyl (C=O) groups excluding carboxylic acids is 2. The van der Waals surface area contributed by atoms with Gasteiger partial charge in [0.15, 0.2) is 5.78 Å². The Balaban J connectivity index is 1.97. The third kappa shape index (κ3) is 2.52. The third-order valence-electron chi connectivity index (χ3n) is 4.50. The van der Waals surface area contributed by atoms with Crippen LogP contribution in [0.5, 0.6) is 0 Å². The number of ketones is 1. The van der Waals surface area contributed by atoms with Gasteiger partial charge in [0.2, 0.25) is 0 Å². The number of hydrogen-bond acceptors (Lipinski definition) is 5. The quantitative estimate of drug-likeness (QED) is 0.817. The van der Waals surface area contributed by atoms with Gasteiger partial charge in [-0.3, -0.25) is 9.59 Å². The number of carbonyl (C=O) groups is 2. The Labute approximate surface area is 128 Å². The molecular formula is C15H21N3O2S. The summed E-state index contributed by atoms with van der Waals surface area (Å²) in [5.41, 5.74) is 12.2. The van der Waals surface area contributed by atoms with Crippen molar-refractivity contribution >= 4 is 33.7 Å². The van der Waals surface area contributed by atoms with E-state index in [2.05, 4.69) is 11.8 Å². The molecule has 1 aromatic rings. The highest BCUT2D eigenvalue weighted by Gasteiger charge is 2.36. The number of anilines is 2. The largest absolute Gasteiger partial charge is 0.397 e. The standard InChI is InChI=1S/C15H21N3O2S/c1-2-8-5-6-18(7-8)15-10(14(17)20)11(16)13(21-15)12(19)9-3-4-9/h8-9H,2-7,16H2,1H3,(H2,17,20). The SMILES string of the molecule is CCC1CCN(c2sc(C(=O)C3CC3)c(N)c2C(N)=O)C1. The summed E-state index contributed by atoms with van der Waals surface area (Å²) in [5.74, 6) is 0.282. The van der Waals surface area contributed by atoms with Crippen molar-refractivity contribution in [2.45, 2.75) is 32.6 Å². The van der Waals surface area contributed by atoms with E-state index >= 15 is 0 Å². The van der Waals surface area contributed by atoms with Gasteiger partial charge in [-0.2, -0.15) is 0 Å². The Morgan fingerprint density at radius 3 is 2.57 bits per heavy atom. The van der Waals surface area contributed by atoms with Gasteiger partial charge in [0.25, 0.3) is 5.91 Å². The van der Waals surface area contributed by atoms with Gasteiger partial charge in [0.1, 0.15) is 5.00 Å². The van der Waals surface area contributed by atoms with E-state index in [1.807, 2.05) is 0 Å². The van der Waals surface area contributed by atoms with Gasteiger partial charge in [0, 0.05) is 19.0 Å². The Hall–Kier alpha value is -1.56. The van der Waals surface area contributed by atoms with Gasteiger partial charge >= 0.3 is 0 Å². The molecule has 1 aliphatic carbocycles. The normalized spacial score (nSPS) is 21.8. The van der Waals surface area contributed by atoms with Crippen molar-refractivity contribution in [1.29, 1.82) is 0 Å². The van der Waals surface area contributed by atoms with Gasteiger partial charge in [-0.05, 0) is 25.2 Å². The van der Waals surface area contributed by atoms with Crippen LogP contribution in [-0.4, -0.2) is 24.8 Å². The van der Waals surface area contributed by atoms with E-state index in [0.717, 1.165) is 43.8 Å². The zero-order valence-corrected chi connectivity index (χ0v) is 13.0. The highest BCUT2D eigenvalue weighted by atomic mass is 32.1. The summed E-state index contributed by atoms with van der Waals surface area (Å²) in [6.45, 7) is 3.98. The number of primary amides is 1. The number of nitrogens with zero attached hydrogens (tertiary/aromatic N) is 1. The molecule has 2 aliphatic rings. The molecule has 21 heavy (non-hydrogen) atoms. The summed E-state index contributed by atoms with van der Waals surface area (Å²) < 4.78 is 0. The summed E-state index contributed by atoms with van der Waals surface area (Å²) in [4.78, 5) is 26.8. The molecule has 1 aliphatic heterocycles. The highest BCUT2D eigenvalue weighted by molar-refractivity contribution is 7.19. The minimum atomic E-state index is -0.534. The van der Waals surface area contributed by atoms with Crippen LogP contribution in [0.1, 0.15) is 52.6 Å². The van der Waals surface area contributed by atoms with Crippen LogP contribution in [-0.2, 0) is 0 Å². The first kappa shape index (κ1) is 14.4. The van der Waals surface area contributed by atoms with Gasteiger partial charge in [0.05, 0.1) is 16.1 Å². The van der Waals surface area contributed by atoms with Crippen molar-refractivity contribution in [3.63, 3.8) is 0 Å². The number of hydrogen-bond donors (Lipinski definition) is 2. The zero-order chi connectivity index (χ0) is 15.1. The van der Waals surface area contributed by atoms with Crippen LogP contribution in [0.3, 0.4) is 0 Å². The molecule has 0 bridgehead atoms. The van der Waals surface area contributed by atoms with E-state index in [-0.39, 0.29) is 11.7 Å². The summed E-state index contributed by atoms with van der Waals surface area (Å²) in [6, 6.07) is 0. The van der Waals surface area contributed by atoms with Crippen LogP contribution in [0.25, 0.3) is 0 Å². The smallest absolute Gasteiger partial charge is 0.253 e. The predicted molar refractivity (Wildman–Crippen MR) is 84.9 cm³/mol. The van der Waals surface area contributed by atoms with E-state index in [1.54, 1.807) is 0 Å². The lowest BCUT2D eigenvalue weighted by Crippen LogP contribution is -2.23. The maximum absolute atomic E-state index is 12.3. The maximum Gasteiger partial charge on any atom is 0.253 e. The third-order valence-corrected chi connectivity index (χ3v) is 5.78. The van der Waals surface area contributed by atoms with Crippen LogP contribution in [0.2, 0.25) is 0 Å². The van der Waals surface area contributed by atoms with Crippen LogP contribution in [0, 0.1) is 11.8 Å². The minimum absolute atomic E-state index is 0.0810. The van der Waals surface area contributed by atoms with E-state index < -0.39 is 5.91 Å². The fourth-order valence-electron chi connectivity index (χ4n) is 2.96. The first-order valence-electron chi connectivity index (χ1n) is 7.54. The molecule has 5 nitrogen and oxygen atoms in total. The van der Waals surface area contributed by atoms with Crippen LogP contribution >= 0.6 is 11.3 Å². The molecule has 4 N–H and O–H groups in total. The number of amides is 1.